The van der Waals surface area contributed by atoms with Crippen molar-refractivity contribution in [3.8, 4) is 0 Å². The molecule has 0 saturated carbocycles. The fraction of sp³-hybridized carbons (Fsp3) is 0.296. The fourth-order valence-corrected chi connectivity index (χ4v) is 4.10. The van der Waals surface area contributed by atoms with E-state index in [1.807, 2.05) is 18.2 Å². The van der Waals surface area contributed by atoms with Crippen LogP contribution in [0.15, 0.2) is 60.8 Å². The van der Waals surface area contributed by atoms with E-state index in [4.69, 9.17) is 11.5 Å². The molecular formula is C27H32N6O7. The molecule has 0 aliphatic heterocycles. The Labute approximate surface area is 229 Å². The van der Waals surface area contributed by atoms with E-state index in [9.17, 15) is 34.2 Å². The number of primary amides is 1. The number of aromatic nitrogens is 1. The summed E-state index contributed by atoms with van der Waals surface area (Å²) in [7, 11) is 0. The topological polar surface area (TPSA) is 230 Å². The van der Waals surface area contributed by atoms with Crippen molar-refractivity contribution in [2.75, 3.05) is 6.61 Å². The Hall–Kier alpha value is -4.75. The highest BCUT2D eigenvalue weighted by Crippen LogP contribution is 2.19. The van der Waals surface area contributed by atoms with Crippen LogP contribution in [0.25, 0.3) is 10.9 Å². The molecule has 1 heterocycles. The van der Waals surface area contributed by atoms with Gasteiger partial charge in [0.25, 0.3) is 0 Å². The monoisotopic (exact) mass is 552 g/mol. The second kappa shape index (κ2) is 13.9. The number of aliphatic carboxylic acids is 1. The Morgan fingerprint density at radius 3 is 2.05 bits per heavy atom. The number of H-pyrrole nitrogens is 1. The van der Waals surface area contributed by atoms with Crippen LogP contribution < -0.4 is 27.4 Å². The SMILES string of the molecule is NC(=O)CC(NC(=O)C(Cc1c[nH]c2ccccc12)NC(=O)C(N)CO)C(=O)NC(Cc1ccccc1)C(=O)O. The van der Waals surface area contributed by atoms with Crippen molar-refractivity contribution in [1.82, 2.24) is 20.9 Å². The van der Waals surface area contributed by atoms with Gasteiger partial charge in [-0.25, -0.2) is 4.79 Å². The molecule has 0 radical (unpaired) electrons. The van der Waals surface area contributed by atoms with Gasteiger partial charge in [-0.3, -0.25) is 19.2 Å². The van der Waals surface area contributed by atoms with Gasteiger partial charge in [0.15, 0.2) is 0 Å². The predicted molar refractivity (Wildman–Crippen MR) is 144 cm³/mol. The first-order valence-corrected chi connectivity index (χ1v) is 12.5. The molecule has 0 bridgehead atoms. The summed E-state index contributed by atoms with van der Waals surface area (Å²) >= 11 is 0. The van der Waals surface area contributed by atoms with Gasteiger partial charge < -0.3 is 42.6 Å². The highest BCUT2D eigenvalue weighted by atomic mass is 16.4. The van der Waals surface area contributed by atoms with Crippen LogP contribution in [-0.4, -0.2) is 75.6 Å². The van der Waals surface area contributed by atoms with Crippen molar-refractivity contribution in [1.29, 1.82) is 0 Å². The molecule has 0 spiro atoms. The van der Waals surface area contributed by atoms with Gasteiger partial charge in [-0.1, -0.05) is 48.5 Å². The molecule has 13 nitrogen and oxygen atoms in total. The Balaban J connectivity index is 1.81. The smallest absolute Gasteiger partial charge is 0.326 e. The average Bonchev–Trinajstić information content (AvgIpc) is 3.34. The number of hydrogen-bond donors (Lipinski definition) is 8. The van der Waals surface area contributed by atoms with Gasteiger partial charge in [-0.05, 0) is 17.2 Å². The molecule has 4 atom stereocenters. The van der Waals surface area contributed by atoms with Crippen LogP contribution >= 0.6 is 0 Å². The zero-order valence-electron chi connectivity index (χ0n) is 21.5. The molecule has 0 aliphatic carbocycles. The summed E-state index contributed by atoms with van der Waals surface area (Å²) in [6.45, 7) is -0.669. The van der Waals surface area contributed by atoms with E-state index in [0.29, 0.717) is 11.1 Å². The lowest BCUT2D eigenvalue weighted by molar-refractivity contribution is -0.142. The van der Waals surface area contributed by atoms with Gasteiger partial charge in [-0.15, -0.1) is 0 Å². The molecule has 4 amide bonds. The number of aromatic amines is 1. The van der Waals surface area contributed by atoms with E-state index in [1.165, 1.54) is 0 Å². The maximum Gasteiger partial charge on any atom is 0.326 e. The number of para-hydroxylation sites is 1. The molecule has 40 heavy (non-hydrogen) atoms. The molecule has 0 saturated heterocycles. The molecule has 3 rings (SSSR count). The Kier molecular flexibility index (Phi) is 10.3. The Morgan fingerprint density at radius 1 is 0.800 bits per heavy atom. The first-order valence-electron chi connectivity index (χ1n) is 12.5. The normalized spacial score (nSPS) is 13.9. The van der Waals surface area contributed by atoms with Gasteiger partial charge >= 0.3 is 5.97 Å². The minimum absolute atomic E-state index is 0.0313. The van der Waals surface area contributed by atoms with Crippen LogP contribution in [0.4, 0.5) is 0 Å². The zero-order chi connectivity index (χ0) is 29.2. The van der Waals surface area contributed by atoms with E-state index >= 15 is 0 Å². The zero-order valence-corrected chi connectivity index (χ0v) is 21.5. The van der Waals surface area contributed by atoms with Gasteiger partial charge in [0.05, 0.1) is 13.0 Å². The molecule has 0 fully saturated rings. The Bertz CT molecular complexity index is 1360. The van der Waals surface area contributed by atoms with Crippen molar-refractivity contribution < 1.29 is 34.2 Å². The first-order chi connectivity index (χ1) is 19.1. The van der Waals surface area contributed by atoms with Crippen LogP contribution in [0, 0.1) is 0 Å². The molecule has 1 aromatic heterocycles. The molecule has 2 aromatic carbocycles. The van der Waals surface area contributed by atoms with E-state index in [1.54, 1.807) is 42.6 Å². The molecule has 13 heteroatoms. The van der Waals surface area contributed by atoms with Crippen LogP contribution in [0.1, 0.15) is 17.5 Å². The van der Waals surface area contributed by atoms with Crippen LogP contribution in [-0.2, 0) is 36.8 Å². The second-order valence-corrected chi connectivity index (χ2v) is 9.23. The average molecular weight is 553 g/mol. The number of fused-ring (bicyclic) bond motifs is 1. The summed E-state index contributed by atoms with van der Waals surface area (Å²) in [6, 6.07) is 10.4. The highest BCUT2D eigenvalue weighted by molar-refractivity contribution is 5.96. The number of benzene rings is 2. The number of aliphatic hydroxyl groups excluding tert-OH is 1. The van der Waals surface area contributed by atoms with E-state index in [0.717, 1.165) is 10.9 Å². The van der Waals surface area contributed by atoms with Crippen molar-refractivity contribution in [3.63, 3.8) is 0 Å². The fourth-order valence-electron chi connectivity index (χ4n) is 4.10. The summed E-state index contributed by atoms with van der Waals surface area (Å²) < 4.78 is 0. The molecule has 4 unspecified atom stereocenters. The van der Waals surface area contributed by atoms with Crippen LogP contribution in [0.2, 0.25) is 0 Å². The van der Waals surface area contributed by atoms with Crippen molar-refractivity contribution >= 4 is 40.5 Å². The van der Waals surface area contributed by atoms with Gasteiger partial charge in [-0.2, -0.15) is 0 Å². The number of carbonyl (C=O) groups is 5. The lowest BCUT2D eigenvalue weighted by Crippen LogP contribution is -2.58. The number of carboxylic acid groups (broad SMARTS) is 1. The lowest BCUT2D eigenvalue weighted by atomic mass is 10.0. The number of nitrogens with two attached hydrogens (primary N) is 2. The third-order valence-corrected chi connectivity index (χ3v) is 6.20. The molecule has 10 N–H and O–H groups in total. The summed E-state index contributed by atoms with van der Waals surface area (Å²) in [5, 5.41) is 26.9. The predicted octanol–water partition coefficient (Wildman–Crippen LogP) is -1.31. The molecule has 0 aliphatic rings. The Morgan fingerprint density at radius 2 is 1.40 bits per heavy atom. The number of aliphatic hydroxyl groups is 1. The number of hydrogen-bond acceptors (Lipinski definition) is 7. The van der Waals surface area contributed by atoms with Crippen molar-refractivity contribution in [2.24, 2.45) is 11.5 Å². The summed E-state index contributed by atoms with van der Waals surface area (Å²) in [5.74, 6) is -4.84. The number of nitrogens with one attached hydrogen (secondary N) is 4. The number of carbonyl (C=O) groups excluding carboxylic acids is 4. The first kappa shape index (κ1) is 29.8. The summed E-state index contributed by atoms with van der Waals surface area (Å²) in [4.78, 5) is 65.6. The van der Waals surface area contributed by atoms with Gasteiger partial charge in [0.2, 0.25) is 23.6 Å². The highest BCUT2D eigenvalue weighted by Gasteiger charge is 2.31. The van der Waals surface area contributed by atoms with Gasteiger partial charge in [0.1, 0.15) is 24.2 Å². The van der Waals surface area contributed by atoms with E-state index < -0.39 is 66.8 Å². The largest absolute Gasteiger partial charge is 0.480 e. The maximum atomic E-state index is 13.4. The molecule has 3 aromatic rings. The third kappa shape index (κ3) is 8.12. The summed E-state index contributed by atoms with van der Waals surface area (Å²) in [6.07, 6.45) is 0.963. The van der Waals surface area contributed by atoms with Crippen molar-refractivity contribution in [2.45, 2.75) is 43.4 Å². The number of amides is 4. The third-order valence-electron chi connectivity index (χ3n) is 6.20. The van der Waals surface area contributed by atoms with Gasteiger partial charge in [0, 0.05) is 29.9 Å². The molecule has 212 valence electrons. The van der Waals surface area contributed by atoms with Crippen molar-refractivity contribution in [3.05, 3.63) is 71.9 Å². The second-order valence-electron chi connectivity index (χ2n) is 9.23. The number of rotatable bonds is 14. The van der Waals surface area contributed by atoms with E-state index in [2.05, 4.69) is 20.9 Å². The standard InChI is InChI=1S/C27H32N6O7/c28-18(14-34)24(36)31-20(11-16-13-30-19-9-5-4-8-17(16)19)25(37)32-21(12-23(29)35)26(38)33-22(27(39)40)10-15-6-2-1-3-7-15/h1-9,13,18,20-22,30,34H,10-12,14,28H2,(H2,29,35)(H,31,36)(H,32,37)(H,33,38)(H,39,40). The minimum Gasteiger partial charge on any atom is -0.480 e. The summed E-state index contributed by atoms with van der Waals surface area (Å²) in [5.41, 5.74) is 13.0. The van der Waals surface area contributed by atoms with E-state index in [-0.39, 0.29) is 12.8 Å². The number of carboxylic acids is 1. The quantitative estimate of drug-likeness (QED) is 0.119. The maximum absolute atomic E-state index is 13.4. The molecular weight excluding hydrogens is 520 g/mol. The lowest BCUT2D eigenvalue weighted by Gasteiger charge is -2.24. The minimum atomic E-state index is -1.53. The van der Waals surface area contributed by atoms with Crippen LogP contribution in [0.3, 0.4) is 0 Å². The van der Waals surface area contributed by atoms with Crippen LogP contribution in [0.5, 0.6) is 0 Å².